The Bertz CT molecular complexity index is 262. The summed E-state index contributed by atoms with van der Waals surface area (Å²) in [5, 5.41) is 4.18. The van der Waals surface area contributed by atoms with Crippen molar-refractivity contribution in [3.05, 3.63) is 22.4 Å². The maximum Gasteiger partial charge on any atom is 0.0880 e. The van der Waals surface area contributed by atoms with Crippen LogP contribution in [0.2, 0.25) is 0 Å². The van der Waals surface area contributed by atoms with Gasteiger partial charge >= 0.3 is 0 Å². The monoisotopic (exact) mass is 228 g/mol. The average Bonchev–Trinajstić information content (AvgIpc) is 2.79. The van der Waals surface area contributed by atoms with Gasteiger partial charge in [-0.1, -0.05) is 13.8 Å². The van der Waals surface area contributed by atoms with Gasteiger partial charge in [0.15, 0.2) is 0 Å². The van der Waals surface area contributed by atoms with Crippen LogP contribution < -0.4 is 11.3 Å². The molecule has 3 N–H and O–H groups in total. The molecule has 0 radical (unpaired) electrons. The first-order chi connectivity index (χ1) is 7.24. The second-order valence-electron chi connectivity index (χ2n) is 3.63. The number of rotatable bonds is 6. The smallest absolute Gasteiger partial charge is 0.0880 e. The molecule has 15 heavy (non-hydrogen) atoms. The van der Waals surface area contributed by atoms with Crippen LogP contribution in [0, 0.1) is 0 Å². The Morgan fingerprint density at radius 1 is 1.53 bits per heavy atom. The summed E-state index contributed by atoms with van der Waals surface area (Å²) in [5.74, 6) is 5.65. The van der Waals surface area contributed by atoms with E-state index in [1.54, 1.807) is 18.4 Å². The normalized spacial score (nSPS) is 14.1. The lowest BCUT2D eigenvalue weighted by Gasteiger charge is -2.37. The van der Waals surface area contributed by atoms with Crippen LogP contribution in [0.25, 0.3) is 0 Å². The van der Waals surface area contributed by atoms with Crippen molar-refractivity contribution in [3.8, 4) is 0 Å². The van der Waals surface area contributed by atoms with Gasteiger partial charge in [0.05, 0.1) is 11.6 Å². The average molecular weight is 228 g/mol. The molecule has 0 aliphatic rings. The van der Waals surface area contributed by atoms with Crippen molar-refractivity contribution in [2.45, 2.75) is 38.3 Å². The molecule has 0 saturated carbocycles. The van der Waals surface area contributed by atoms with E-state index in [-0.39, 0.29) is 11.6 Å². The highest BCUT2D eigenvalue weighted by Gasteiger charge is 2.36. The van der Waals surface area contributed by atoms with Crippen molar-refractivity contribution in [1.82, 2.24) is 5.43 Å². The highest BCUT2D eigenvalue weighted by atomic mass is 32.1. The molecule has 0 amide bonds. The number of hydrazine groups is 1. The predicted octanol–water partition coefficient (Wildman–Crippen LogP) is 2.46. The number of nitrogens with two attached hydrogens (primary N) is 1. The van der Waals surface area contributed by atoms with Gasteiger partial charge in [0.2, 0.25) is 0 Å². The minimum absolute atomic E-state index is 0.0590. The summed E-state index contributed by atoms with van der Waals surface area (Å²) in [4.78, 5) is 0. The van der Waals surface area contributed by atoms with Gasteiger partial charge in [0, 0.05) is 7.11 Å². The standard InChI is InChI=1S/C11H20N2OS/c1-4-11(5-2,14-3)10(13-12)9-6-7-15-8-9/h6-8,10,13H,4-5,12H2,1-3H3. The summed E-state index contributed by atoms with van der Waals surface area (Å²) >= 11 is 1.68. The lowest BCUT2D eigenvalue weighted by atomic mass is 9.85. The fraction of sp³-hybridized carbons (Fsp3) is 0.636. The van der Waals surface area contributed by atoms with Gasteiger partial charge in [-0.25, -0.2) is 0 Å². The molecular formula is C11H20N2OS. The largest absolute Gasteiger partial charge is 0.376 e. The molecule has 86 valence electrons. The fourth-order valence-electron chi connectivity index (χ4n) is 2.06. The number of hydrogen-bond acceptors (Lipinski definition) is 4. The molecule has 0 spiro atoms. The SMILES string of the molecule is CCC(CC)(OC)C(NN)c1ccsc1. The Morgan fingerprint density at radius 2 is 2.20 bits per heavy atom. The van der Waals surface area contributed by atoms with Crippen molar-refractivity contribution in [2.75, 3.05) is 7.11 Å². The molecule has 1 atom stereocenters. The summed E-state index contributed by atoms with van der Waals surface area (Å²) in [6, 6.07) is 2.15. The van der Waals surface area contributed by atoms with Crippen LogP contribution in [-0.2, 0) is 4.74 Å². The minimum atomic E-state index is -0.212. The molecule has 0 aliphatic heterocycles. The minimum Gasteiger partial charge on any atom is -0.376 e. The lowest BCUT2D eigenvalue weighted by molar-refractivity contribution is -0.0485. The van der Waals surface area contributed by atoms with Crippen LogP contribution in [0.1, 0.15) is 38.3 Å². The topological polar surface area (TPSA) is 47.3 Å². The van der Waals surface area contributed by atoms with Crippen molar-refractivity contribution in [1.29, 1.82) is 0 Å². The van der Waals surface area contributed by atoms with E-state index >= 15 is 0 Å². The van der Waals surface area contributed by atoms with E-state index in [9.17, 15) is 0 Å². The molecule has 1 rings (SSSR count). The van der Waals surface area contributed by atoms with Gasteiger partial charge in [-0.3, -0.25) is 11.3 Å². The molecule has 1 unspecified atom stereocenters. The number of thiophene rings is 1. The molecule has 1 aromatic rings. The van der Waals surface area contributed by atoms with E-state index in [4.69, 9.17) is 10.6 Å². The second-order valence-corrected chi connectivity index (χ2v) is 4.41. The Labute approximate surface area is 95.6 Å². The summed E-state index contributed by atoms with van der Waals surface area (Å²) in [5.41, 5.74) is 3.87. The molecule has 1 aromatic heterocycles. The van der Waals surface area contributed by atoms with E-state index in [1.165, 1.54) is 5.56 Å². The van der Waals surface area contributed by atoms with E-state index in [0.29, 0.717) is 0 Å². The van der Waals surface area contributed by atoms with E-state index in [2.05, 4.69) is 36.1 Å². The van der Waals surface area contributed by atoms with Gasteiger partial charge in [-0.05, 0) is 35.2 Å². The van der Waals surface area contributed by atoms with Crippen LogP contribution in [0.4, 0.5) is 0 Å². The second kappa shape index (κ2) is 5.61. The van der Waals surface area contributed by atoms with Crippen molar-refractivity contribution in [2.24, 2.45) is 5.84 Å². The van der Waals surface area contributed by atoms with Crippen molar-refractivity contribution < 1.29 is 4.74 Å². The number of ether oxygens (including phenoxy) is 1. The first kappa shape index (κ1) is 12.6. The van der Waals surface area contributed by atoms with Gasteiger partial charge in [-0.15, -0.1) is 0 Å². The molecular weight excluding hydrogens is 208 g/mol. The molecule has 0 bridgehead atoms. The van der Waals surface area contributed by atoms with E-state index in [0.717, 1.165) is 12.8 Å². The van der Waals surface area contributed by atoms with Gasteiger partial charge in [-0.2, -0.15) is 11.3 Å². The third-order valence-corrected chi connectivity index (χ3v) is 3.87. The van der Waals surface area contributed by atoms with Crippen LogP contribution in [0.3, 0.4) is 0 Å². The molecule has 0 saturated heterocycles. The highest BCUT2D eigenvalue weighted by molar-refractivity contribution is 7.07. The van der Waals surface area contributed by atoms with Crippen molar-refractivity contribution >= 4 is 11.3 Å². The van der Waals surface area contributed by atoms with Gasteiger partial charge < -0.3 is 4.74 Å². The summed E-state index contributed by atoms with van der Waals surface area (Å²) in [7, 11) is 1.75. The zero-order valence-corrected chi connectivity index (χ0v) is 10.4. The molecule has 4 heteroatoms. The molecule has 0 aliphatic carbocycles. The summed E-state index contributed by atoms with van der Waals surface area (Å²) in [6.07, 6.45) is 1.87. The Hall–Kier alpha value is -0.420. The van der Waals surface area contributed by atoms with E-state index in [1.807, 2.05) is 0 Å². The maximum atomic E-state index is 5.68. The number of methoxy groups -OCH3 is 1. The molecule has 0 fully saturated rings. The number of hydrogen-bond donors (Lipinski definition) is 2. The van der Waals surface area contributed by atoms with Crippen molar-refractivity contribution in [3.63, 3.8) is 0 Å². The zero-order chi connectivity index (χ0) is 11.3. The van der Waals surface area contributed by atoms with Crippen LogP contribution >= 0.6 is 11.3 Å². The quantitative estimate of drug-likeness (QED) is 0.581. The molecule has 1 heterocycles. The first-order valence-electron chi connectivity index (χ1n) is 5.27. The fourth-order valence-corrected chi connectivity index (χ4v) is 2.74. The predicted molar refractivity (Wildman–Crippen MR) is 64.7 cm³/mol. The summed E-state index contributed by atoms with van der Waals surface area (Å²) < 4.78 is 5.68. The van der Waals surface area contributed by atoms with Gasteiger partial charge in [0.25, 0.3) is 0 Å². The Kier molecular flexibility index (Phi) is 4.73. The van der Waals surface area contributed by atoms with Crippen LogP contribution in [0.15, 0.2) is 16.8 Å². The molecule has 0 aromatic carbocycles. The Balaban J connectivity index is 2.98. The zero-order valence-electron chi connectivity index (χ0n) is 9.62. The van der Waals surface area contributed by atoms with Gasteiger partial charge in [0.1, 0.15) is 0 Å². The maximum absolute atomic E-state index is 5.68. The van der Waals surface area contributed by atoms with Crippen LogP contribution in [0.5, 0.6) is 0 Å². The van der Waals surface area contributed by atoms with Crippen LogP contribution in [-0.4, -0.2) is 12.7 Å². The summed E-state index contributed by atoms with van der Waals surface area (Å²) in [6.45, 7) is 4.26. The highest BCUT2D eigenvalue weighted by Crippen LogP contribution is 2.35. The third kappa shape index (κ3) is 2.39. The first-order valence-corrected chi connectivity index (χ1v) is 6.21. The third-order valence-electron chi connectivity index (χ3n) is 3.17. The van der Waals surface area contributed by atoms with E-state index < -0.39 is 0 Å². The number of nitrogens with one attached hydrogen (secondary N) is 1. The lowest BCUT2D eigenvalue weighted by Crippen LogP contribution is -2.47. The Morgan fingerprint density at radius 3 is 2.53 bits per heavy atom. The molecule has 3 nitrogen and oxygen atoms in total.